The van der Waals surface area contributed by atoms with E-state index in [1.807, 2.05) is 146 Å². The molecule has 2 atom stereocenters. The Hall–Kier alpha value is -7.86. The summed E-state index contributed by atoms with van der Waals surface area (Å²) in [6.07, 6.45) is 3.42. The van der Waals surface area contributed by atoms with Gasteiger partial charge in [-0.2, -0.15) is 0 Å². The van der Waals surface area contributed by atoms with E-state index in [0.717, 1.165) is 50.3 Å². The second-order valence-corrected chi connectivity index (χ2v) is 18.5. The second-order valence-electron chi connectivity index (χ2n) is 18.5. The zero-order valence-corrected chi connectivity index (χ0v) is 44.1. The van der Waals surface area contributed by atoms with E-state index >= 15 is 0 Å². The molecule has 4 N–H and O–H groups in total. The summed E-state index contributed by atoms with van der Waals surface area (Å²) in [4.78, 5) is 25.4. The third kappa shape index (κ3) is 19.7. The van der Waals surface area contributed by atoms with Crippen LogP contribution < -0.4 is 15.4 Å². The molecule has 0 aliphatic heterocycles. The van der Waals surface area contributed by atoms with Crippen molar-refractivity contribution in [1.29, 1.82) is 0 Å². The number of aliphatic hydroxyl groups excluding tert-OH is 1. The molecule has 402 valence electrons. The van der Waals surface area contributed by atoms with Gasteiger partial charge in [0.25, 0.3) is 0 Å². The minimum Gasteiger partial charge on any atom is -1.00 e. The van der Waals surface area contributed by atoms with Gasteiger partial charge in [0.2, 0.25) is 11.8 Å². The SMILES string of the molecule is O=C(CCc1ccccc1)N[C@H](COCCO)Cc1ccc(O)cc1.O=C(CCc1ccccc1)N[C@H](COCCOC(c1ccccc1)(c1ccccc1)c1ccccc1)Cc1ccc(OCc2ccccc2)cc1.[2H-].[CH3-]. The molecule has 10 heteroatoms. The molecule has 0 aliphatic carbocycles. The lowest BCUT2D eigenvalue weighted by atomic mass is 9.80. The van der Waals surface area contributed by atoms with Crippen molar-refractivity contribution in [2.75, 3.05) is 39.6 Å². The molecule has 0 radical (unpaired) electrons. The average molecular weight is 1040 g/mol. The topological polar surface area (TPSA) is 136 Å². The summed E-state index contributed by atoms with van der Waals surface area (Å²) in [5.74, 6) is 0.991. The van der Waals surface area contributed by atoms with E-state index in [9.17, 15) is 14.7 Å². The Morgan fingerprint density at radius 2 is 0.831 bits per heavy atom. The van der Waals surface area contributed by atoms with Gasteiger partial charge in [-0.25, -0.2) is 0 Å². The smallest absolute Gasteiger partial charge is 0.220 e. The molecule has 2 amide bonds. The molecule has 8 aromatic rings. The first kappa shape index (κ1) is 58.4. The van der Waals surface area contributed by atoms with Crippen molar-refractivity contribution in [3.8, 4) is 11.5 Å². The Balaban J connectivity index is 0.000000351. The largest absolute Gasteiger partial charge is 1.00 e. The molecule has 0 aliphatic rings. The van der Waals surface area contributed by atoms with E-state index < -0.39 is 5.60 Å². The fraction of sp³-hybridized carbons (Fsp3) is 0.239. The van der Waals surface area contributed by atoms with Crippen molar-refractivity contribution in [3.63, 3.8) is 0 Å². The molecule has 0 spiro atoms. The minimum atomic E-state index is -0.817. The Morgan fingerprint density at radius 3 is 1.25 bits per heavy atom. The van der Waals surface area contributed by atoms with Gasteiger partial charge >= 0.3 is 0 Å². The Bertz CT molecular complexity index is 2750. The van der Waals surface area contributed by atoms with Gasteiger partial charge in [0.15, 0.2) is 0 Å². The highest BCUT2D eigenvalue weighted by Crippen LogP contribution is 2.40. The predicted octanol–water partition coefficient (Wildman–Crippen LogP) is 11.6. The highest BCUT2D eigenvalue weighted by Gasteiger charge is 2.37. The summed E-state index contributed by atoms with van der Waals surface area (Å²) in [7, 11) is 0. The van der Waals surface area contributed by atoms with Gasteiger partial charge in [0, 0.05) is 12.8 Å². The lowest BCUT2D eigenvalue weighted by Gasteiger charge is -2.36. The molecular weight excluding hydrogens is 961 g/mol. The molecule has 0 bridgehead atoms. The van der Waals surface area contributed by atoms with Gasteiger partial charge in [-0.3, -0.25) is 9.59 Å². The first-order chi connectivity index (χ1) is 37.4. The van der Waals surface area contributed by atoms with Crippen molar-refractivity contribution >= 4 is 11.8 Å². The first-order valence-corrected chi connectivity index (χ1v) is 26.1. The molecule has 77 heavy (non-hydrogen) atoms. The quantitative estimate of drug-likeness (QED) is 0.0216. The number of hydrogen-bond acceptors (Lipinski definition) is 8. The Morgan fingerprint density at radius 1 is 0.455 bits per heavy atom. The van der Waals surface area contributed by atoms with Crippen molar-refractivity contribution < 1.29 is 40.2 Å². The number of amides is 2. The molecule has 0 aromatic heterocycles. The number of phenols is 1. The number of phenolic OH excluding ortho intramolecular Hbond substituents is 1. The zero-order valence-electron chi connectivity index (χ0n) is 45.1. The van der Waals surface area contributed by atoms with Crippen LogP contribution in [0.4, 0.5) is 0 Å². The van der Waals surface area contributed by atoms with Crippen molar-refractivity contribution in [2.45, 2.75) is 62.8 Å². The summed E-state index contributed by atoms with van der Waals surface area (Å²) in [5, 5.41) is 24.5. The summed E-state index contributed by atoms with van der Waals surface area (Å²) in [6.45, 7) is 2.09. The highest BCUT2D eigenvalue weighted by atomic mass is 16.5. The molecule has 0 saturated heterocycles. The standard InChI is InChI=1S/C46H45NO4.C20H25NO4.CH3.H/c48-45(31-28-37-16-6-1-7-17-37)47-43(34-38-26-29-44(30-27-38)50-35-39-18-8-2-9-19-39)36-49-32-33-51-46(40-20-10-3-11-21-40,41-22-12-4-13-23-41)42-24-14-5-15-25-42;22-12-13-25-15-18(14-17-6-9-19(23)10-7-17)21-20(24)11-8-16-4-2-1-3-5-16;;/h1-27,29-30,43H,28,31-36H2,(H,47,48);1-7,9-10,18,22-23H,8,11-15H2,(H,21,24);1H3;/q;;2*-1/t43-;18-;;/m00../s1/i;;;1+1. The number of ether oxygens (including phenoxy) is 4. The number of rotatable bonds is 28. The van der Waals surface area contributed by atoms with E-state index in [0.29, 0.717) is 71.6 Å². The van der Waals surface area contributed by atoms with Crippen LogP contribution >= 0.6 is 0 Å². The third-order valence-corrected chi connectivity index (χ3v) is 12.7. The van der Waals surface area contributed by atoms with Crippen LogP contribution in [0.5, 0.6) is 11.5 Å². The summed E-state index contributed by atoms with van der Waals surface area (Å²) >= 11 is 0. The van der Waals surface area contributed by atoms with Crippen LogP contribution in [0.1, 0.15) is 58.8 Å². The molecule has 8 aromatic carbocycles. The minimum absolute atomic E-state index is 0. The number of benzene rings is 8. The number of aryl methyl sites for hydroxylation is 2. The fourth-order valence-corrected chi connectivity index (χ4v) is 8.91. The van der Waals surface area contributed by atoms with Crippen LogP contribution in [-0.4, -0.2) is 73.8 Å². The lowest BCUT2D eigenvalue weighted by molar-refractivity contribution is -0.123. The zero-order chi connectivity index (χ0) is 52.9. The highest BCUT2D eigenvalue weighted by molar-refractivity contribution is 5.77. The van der Waals surface area contributed by atoms with Crippen molar-refractivity contribution in [1.82, 2.24) is 10.6 Å². The van der Waals surface area contributed by atoms with Gasteiger partial charge < -0.3 is 48.6 Å². The maximum absolute atomic E-state index is 13.2. The molecular formula is C67H74N2O8-2. The number of aliphatic hydroxyl groups is 1. The summed E-state index contributed by atoms with van der Waals surface area (Å²) < 4.78 is 24.6. The van der Waals surface area contributed by atoms with Crippen LogP contribution in [0.2, 0.25) is 0 Å². The molecule has 0 unspecified atom stereocenters. The van der Waals surface area contributed by atoms with E-state index in [-0.39, 0.29) is 51.7 Å². The lowest BCUT2D eigenvalue weighted by Crippen LogP contribution is -2.40. The maximum atomic E-state index is 13.2. The van der Waals surface area contributed by atoms with Crippen molar-refractivity contribution in [2.24, 2.45) is 0 Å². The van der Waals surface area contributed by atoms with Gasteiger partial charge in [0.1, 0.15) is 23.7 Å². The number of carbonyl (C=O) groups excluding carboxylic acids is 2. The van der Waals surface area contributed by atoms with E-state index in [1.165, 1.54) is 0 Å². The third-order valence-electron chi connectivity index (χ3n) is 12.7. The van der Waals surface area contributed by atoms with Crippen LogP contribution in [0, 0.1) is 7.43 Å². The van der Waals surface area contributed by atoms with Gasteiger partial charge in [-0.15, -0.1) is 0 Å². The van der Waals surface area contributed by atoms with Gasteiger partial charge in [-0.1, -0.05) is 206 Å². The van der Waals surface area contributed by atoms with Gasteiger partial charge in [0.05, 0.1) is 51.7 Å². The molecule has 8 rings (SSSR count). The fourth-order valence-electron chi connectivity index (χ4n) is 8.91. The number of carbonyl (C=O) groups is 2. The average Bonchev–Trinajstić information content (AvgIpc) is 3.49. The van der Waals surface area contributed by atoms with E-state index in [1.54, 1.807) is 12.1 Å². The normalized spacial score (nSPS) is 11.7. The van der Waals surface area contributed by atoms with Crippen molar-refractivity contribution in [3.05, 3.63) is 282 Å². The molecule has 0 fully saturated rings. The number of aromatic hydroxyl groups is 1. The van der Waals surface area contributed by atoms with E-state index in [4.69, 9.17) is 24.1 Å². The molecule has 0 heterocycles. The Kier molecular flexibility index (Phi) is 24.7. The molecule has 10 nitrogen and oxygen atoms in total. The number of nitrogens with one attached hydrogen (secondary N) is 2. The molecule has 0 saturated carbocycles. The van der Waals surface area contributed by atoms with Crippen LogP contribution in [0.15, 0.2) is 231 Å². The van der Waals surface area contributed by atoms with Crippen LogP contribution in [0.3, 0.4) is 0 Å². The van der Waals surface area contributed by atoms with Crippen LogP contribution in [-0.2, 0) is 61.7 Å². The summed E-state index contributed by atoms with van der Waals surface area (Å²) in [5.41, 5.74) is 7.79. The monoisotopic (exact) mass is 1040 g/mol. The number of hydrogen-bond donors (Lipinski definition) is 4. The van der Waals surface area contributed by atoms with E-state index in [2.05, 4.69) is 83.4 Å². The maximum Gasteiger partial charge on any atom is 0.220 e. The van der Waals surface area contributed by atoms with Gasteiger partial charge in [-0.05, 0) is 94.5 Å². The van der Waals surface area contributed by atoms with Crippen LogP contribution in [0.25, 0.3) is 0 Å². The first-order valence-electron chi connectivity index (χ1n) is 26.1. The second kappa shape index (κ2) is 32.6. The predicted molar refractivity (Wildman–Crippen MR) is 308 cm³/mol. The Labute approximate surface area is 457 Å². The summed E-state index contributed by atoms with van der Waals surface area (Å²) in [6, 6.07) is 75.7.